The van der Waals surface area contributed by atoms with Crippen molar-refractivity contribution in [2.45, 2.75) is 25.9 Å². The molecule has 0 bridgehead atoms. The zero-order valence-electron chi connectivity index (χ0n) is 15.2. The molecule has 1 amide bonds. The van der Waals surface area contributed by atoms with E-state index in [0.717, 1.165) is 34.9 Å². The van der Waals surface area contributed by atoms with Crippen molar-refractivity contribution in [1.82, 2.24) is 9.97 Å². The number of pyridine rings is 1. The molecule has 0 aliphatic carbocycles. The van der Waals surface area contributed by atoms with Crippen molar-refractivity contribution in [3.63, 3.8) is 0 Å². The summed E-state index contributed by atoms with van der Waals surface area (Å²) >= 11 is 1.47. The summed E-state index contributed by atoms with van der Waals surface area (Å²) in [6.07, 6.45) is 3.41. The Hall–Kier alpha value is -3.06. The first-order valence-corrected chi connectivity index (χ1v) is 9.98. The van der Waals surface area contributed by atoms with Gasteiger partial charge in [0.2, 0.25) is 5.91 Å². The summed E-state index contributed by atoms with van der Waals surface area (Å²) in [6.45, 7) is 0.900. The van der Waals surface area contributed by atoms with Crippen LogP contribution in [0.25, 0.3) is 10.7 Å². The summed E-state index contributed by atoms with van der Waals surface area (Å²) < 4.78 is 5.35. The van der Waals surface area contributed by atoms with Gasteiger partial charge in [-0.15, -0.1) is 11.3 Å². The van der Waals surface area contributed by atoms with Crippen molar-refractivity contribution in [3.05, 3.63) is 65.3 Å². The van der Waals surface area contributed by atoms with Crippen LogP contribution in [0.1, 0.15) is 24.1 Å². The molecule has 3 heterocycles. The number of rotatable bonds is 6. The third-order valence-electron chi connectivity index (χ3n) is 4.49. The summed E-state index contributed by atoms with van der Waals surface area (Å²) in [5.41, 5.74) is 3.25. The molecule has 142 valence electrons. The first kappa shape index (κ1) is 18.3. The van der Waals surface area contributed by atoms with Crippen LogP contribution in [0.5, 0.6) is 0 Å². The zero-order valence-corrected chi connectivity index (χ0v) is 16.0. The molecule has 0 atom stereocenters. The molecule has 1 aliphatic heterocycles. The Morgan fingerprint density at radius 3 is 2.75 bits per heavy atom. The Morgan fingerprint density at radius 1 is 1.18 bits per heavy atom. The van der Waals surface area contributed by atoms with Crippen LogP contribution < -0.4 is 4.90 Å². The van der Waals surface area contributed by atoms with Crippen molar-refractivity contribution in [2.24, 2.45) is 0 Å². The third-order valence-corrected chi connectivity index (χ3v) is 5.40. The molecule has 0 saturated carbocycles. The van der Waals surface area contributed by atoms with Gasteiger partial charge in [0.15, 0.2) is 0 Å². The topological polar surface area (TPSA) is 72.4 Å². The Bertz CT molecular complexity index is 970. The van der Waals surface area contributed by atoms with E-state index in [0.29, 0.717) is 12.1 Å². The molecule has 0 radical (unpaired) electrons. The Morgan fingerprint density at radius 2 is 2.04 bits per heavy atom. The molecule has 0 unspecified atom stereocenters. The minimum absolute atomic E-state index is 0.141. The number of anilines is 1. The highest BCUT2D eigenvalue weighted by atomic mass is 32.1. The maximum absolute atomic E-state index is 12.1. The number of ether oxygens (including phenoxy) is 1. The first-order chi connectivity index (χ1) is 13.7. The number of carbonyl (C=O) groups is 2. The summed E-state index contributed by atoms with van der Waals surface area (Å²) in [4.78, 5) is 34.4. The van der Waals surface area contributed by atoms with E-state index in [9.17, 15) is 9.59 Å². The van der Waals surface area contributed by atoms with Gasteiger partial charge in [0.1, 0.15) is 11.6 Å². The van der Waals surface area contributed by atoms with Crippen LogP contribution >= 0.6 is 11.3 Å². The van der Waals surface area contributed by atoms with Gasteiger partial charge in [-0.05, 0) is 36.2 Å². The molecule has 0 N–H and O–H groups in total. The number of thiazole rings is 1. The highest BCUT2D eigenvalue weighted by Crippen LogP contribution is 2.23. The number of esters is 1. The summed E-state index contributed by atoms with van der Waals surface area (Å²) in [5, 5.41) is 2.68. The van der Waals surface area contributed by atoms with E-state index >= 15 is 0 Å². The lowest BCUT2D eigenvalue weighted by Gasteiger charge is -2.15. The Kier molecular flexibility index (Phi) is 5.43. The molecule has 1 fully saturated rings. The minimum Gasteiger partial charge on any atom is -0.459 e. The molecule has 1 saturated heterocycles. The fraction of sp³-hybridized carbons (Fsp3) is 0.238. The lowest BCUT2D eigenvalue weighted by Crippen LogP contribution is -2.23. The van der Waals surface area contributed by atoms with Gasteiger partial charge in [0, 0.05) is 30.2 Å². The van der Waals surface area contributed by atoms with E-state index in [-0.39, 0.29) is 24.9 Å². The number of benzene rings is 1. The van der Waals surface area contributed by atoms with Gasteiger partial charge in [-0.2, -0.15) is 0 Å². The molecule has 3 aromatic rings. The molecule has 2 aromatic heterocycles. The van der Waals surface area contributed by atoms with E-state index < -0.39 is 0 Å². The molecule has 4 rings (SSSR count). The minimum atomic E-state index is -0.308. The van der Waals surface area contributed by atoms with Gasteiger partial charge in [0.05, 0.1) is 17.8 Å². The van der Waals surface area contributed by atoms with Crippen molar-refractivity contribution in [3.8, 4) is 10.7 Å². The van der Waals surface area contributed by atoms with E-state index in [4.69, 9.17) is 4.74 Å². The second-order valence-electron chi connectivity index (χ2n) is 6.51. The van der Waals surface area contributed by atoms with Gasteiger partial charge in [-0.25, -0.2) is 4.98 Å². The smallest absolute Gasteiger partial charge is 0.310 e. The summed E-state index contributed by atoms with van der Waals surface area (Å²) in [7, 11) is 0. The second-order valence-corrected chi connectivity index (χ2v) is 7.37. The quantitative estimate of drug-likeness (QED) is 0.598. The van der Waals surface area contributed by atoms with Crippen LogP contribution in [0.2, 0.25) is 0 Å². The van der Waals surface area contributed by atoms with E-state index in [2.05, 4.69) is 9.97 Å². The molecular weight excluding hydrogens is 374 g/mol. The van der Waals surface area contributed by atoms with Gasteiger partial charge < -0.3 is 9.64 Å². The predicted molar refractivity (Wildman–Crippen MR) is 107 cm³/mol. The highest BCUT2D eigenvalue weighted by Gasteiger charge is 2.21. The highest BCUT2D eigenvalue weighted by molar-refractivity contribution is 7.13. The number of hydrogen-bond donors (Lipinski definition) is 0. The van der Waals surface area contributed by atoms with Crippen molar-refractivity contribution < 1.29 is 14.3 Å². The molecular formula is C21H19N3O3S. The lowest BCUT2D eigenvalue weighted by atomic mass is 10.1. The molecule has 1 aliphatic rings. The largest absolute Gasteiger partial charge is 0.459 e. The SMILES string of the molecule is O=C(Cc1ccc(N2CCCC2=O)cc1)OCc1csc(-c2ccccn2)n1. The average Bonchev–Trinajstić information content (AvgIpc) is 3.37. The van der Waals surface area contributed by atoms with Gasteiger partial charge in [-0.1, -0.05) is 18.2 Å². The monoisotopic (exact) mass is 393 g/mol. The van der Waals surface area contributed by atoms with E-state index in [1.165, 1.54) is 11.3 Å². The molecule has 7 heteroatoms. The summed E-state index contributed by atoms with van der Waals surface area (Å²) in [5.74, 6) is -0.155. The number of aromatic nitrogens is 2. The number of carbonyl (C=O) groups excluding carboxylic acids is 2. The maximum Gasteiger partial charge on any atom is 0.310 e. The van der Waals surface area contributed by atoms with Crippen LogP contribution in [0, 0.1) is 0 Å². The summed E-state index contributed by atoms with van der Waals surface area (Å²) in [6, 6.07) is 13.2. The van der Waals surface area contributed by atoms with Gasteiger partial charge >= 0.3 is 5.97 Å². The Balaban J connectivity index is 1.30. The third kappa shape index (κ3) is 4.26. The lowest BCUT2D eigenvalue weighted by molar-refractivity contribution is -0.144. The number of amides is 1. The molecule has 28 heavy (non-hydrogen) atoms. The van der Waals surface area contributed by atoms with Gasteiger partial charge in [0.25, 0.3) is 0 Å². The average molecular weight is 393 g/mol. The van der Waals surface area contributed by atoms with Gasteiger partial charge in [-0.3, -0.25) is 14.6 Å². The standard InChI is InChI=1S/C21H19N3O3S/c25-19-5-3-11-24(19)17-8-6-15(7-9-17)12-20(26)27-13-16-14-28-21(23-16)18-4-1-2-10-22-18/h1-2,4,6-10,14H,3,5,11-13H2. The maximum atomic E-state index is 12.1. The normalized spacial score (nSPS) is 13.7. The molecule has 1 aromatic carbocycles. The van der Waals surface area contributed by atoms with E-state index in [1.54, 1.807) is 11.1 Å². The molecule has 6 nitrogen and oxygen atoms in total. The zero-order chi connectivity index (χ0) is 19.3. The van der Waals surface area contributed by atoms with Crippen LogP contribution in [0.15, 0.2) is 54.0 Å². The Labute approximate surface area is 166 Å². The van der Waals surface area contributed by atoms with Crippen molar-refractivity contribution in [1.29, 1.82) is 0 Å². The van der Waals surface area contributed by atoms with Crippen LogP contribution in [0.4, 0.5) is 5.69 Å². The first-order valence-electron chi connectivity index (χ1n) is 9.10. The predicted octanol–water partition coefficient (Wildman–Crippen LogP) is 3.62. The number of hydrogen-bond acceptors (Lipinski definition) is 6. The van der Waals surface area contributed by atoms with Crippen LogP contribution in [-0.2, 0) is 27.4 Å². The fourth-order valence-electron chi connectivity index (χ4n) is 3.07. The number of nitrogens with zero attached hydrogens (tertiary/aromatic N) is 3. The van der Waals surface area contributed by atoms with Crippen LogP contribution in [-0.4, -0.2) is 28.4 Å². The molecule has 0 spiro atoms. The van der Waals surface area contributed by atoms with Crippen molar-refractivity contribution >= 4 is 28.9 Å². The van der Waals surface area contributed by atoms with Crippen molar-refractivity contribution in [2.75, 3.05) is 11.4 Å². The fourth-order valence-corrected chi connectivity index (χ4v) is 3.85. The van der Waals surface area contributed by atoms with E-state index in [1.807, 2.05) is 47.8 Å². The van der Waals surface area contributed by atoms with Crippen LogP contribution in [0.3, 0.4) is 0 Å². The second kappa shape index (κ2) is 8.31.